The fourth-order valence-corrected chi connectivity index (χ4v) is 2.74. The van der Waals surface area contributed by atoms with E-state index < -0.39 is 23.6 Å². The van der Waals surface area contributed by atoms with Crippen molar-refractivity contribution in [2.75, 3.05) is 17.7 Å². The lowest BCUT2D eigenvalue weighted by Gasteiger charge is -2.19. The molecule has 1 heterocycles. The van der Waals surface area contributed by atoms with Crippen molar-refractivity contribution in [3.8, 4) is 0 Å². The number of anilines is 2. The molecule has 2 rings (SSSR count). The molecule has 8 heteroatoms. The fourth-order valence-electron chi connectivity index (χ4n) is 1.97. The van der Waals surface area contributed by atoms with Crippen LogP contribution in [0.25, 0.3) is 0 Å². The quantitative estimate of drug-likeness (QED) is 0.783. The predicted molar refractivity (Wildman–Crippen MR) is 99.9 cm³/mol. The van der Waals surface area contributed by atoms with E-state index in [4.69, 9.17) is 4.74 Å². The van der Waals surface area contributed by atoms with Gasteiger partial charge in [0.2, 0.25) is 0 Å². The van der Waals surface area contributed by atoms with Crippen LogP contribution in [0.1, 0.15) is 41.5 Å². The summed E-state index contributed by atoms with van der Waals surface area (Å²) in [7, 11) is 1.27. The lowest BCUT2D eigenvalue weighted by atomic mass is 10.1. The van der Waals surface area contributed by atoms with Gasteiger partial charge in [-0.2, -0.15) is 0 Å². The van der Waals surface area contributed by atoms with Gasteiger partial charge in [-0.05, 0) is 56.5 Å². The first-order valence-corrected chi connectivity index (χ1v) is 8.65. The molecular formula is C18H20N2O5S. The summed E-state index contributed by atoms with van der Waals surface area (Å²) in [5, 5.41) is 7.30. The van der Waals surface area contributed by atoms with Crippen molar-refractivity contribution in [1.29, 1.82) is 0 Å². The number of rotatable bonds is 4. The topological polar surface area (TPSA) is 93.7 Å². The Bertz CT molecular complexity index is 806. The van der Waals surface area contributed by atoms with Crippen molar-refractivity contribution in [1.82, 2.24) is 0 Å². The number of methoxy groups -OCH3 is 1. The standard InChI is InChI=1S/C18H20N2O5S/c1-18(2,3)25-15(21)11-5-7-12(8-6-11)19-17(23)20-14-13(9-10-26-14)16(22)24-4/h5-10H,1-4H3,(H2,19,20,23). The van der Waals surface area contributed by atoms with Gasteiger partial charge in [0.1, 0.15) is 10.6 Å². The maximum atomic E-state index is 12.1. The van der Waals surface area contributed by atoms with Crippen LogP contribution in [0.15, 0.2) is 35.7 Å². The van der Waals surface area contributed by atoms with Gasteiger partial charge in [0.25, 0.3) is 0 Å². The van der Waals surface area contributed by atoms with Gasteiger partial charge in [-0.3, -0.25) is 5.32 Å². The molecule has 0 saturated heterocycles. The second-order valence-corrected chi connectivity index (χ2v) is 7.23. The highest BCUT2D eigenvalue weighted by Gasteiger charge is 2.18. The third-order valence-corrected chi connectivity index (χ3v) is 3.90. The van der Waals surface area contributed by atoms with Crippen LogP contribution in [0.5, 0.6) is 0 Å². The first-order valence-electron chi connectivity index (χ1n) is 7.77. The van der Waals surface area contributed by atoms with Crippen LogP contribution in [0.2, 0.25) is 0 Å². The number of benzene rings is 1. The molecule has 26 heavy (non-hydrogen) atoms. The molecule has 0 unspecified atom stereocenters. The second-order valence-electron chi connectivity index (χ2n) is 6.31. The van der Waals surface area contributed by atoms with E-state index in [0.29, 0.717) is 16.3 Å². The number of ether oxygens (including phenoxy) is 2. The van der Waals surface area contributed by atoms with Crippen molar-refractivity contribution in [2.24, 2.45) is 0 Å². The van der Waals surface area contributed by atoms with Crippen molar-refractivity contribution < 1.29 is 23.9 Å². The number of amides is 2. The van der Waals surface area contributed by atoms with Crippen LogP contribution >= 0.6 is 11.3 Å². The highest BCUT2D eigenvalue weighted by molar-refractivity contribution is 7.14. The molecule has 7 nitrogen and oxygen atoms in total. The highest BCUT2D eigenvalue weighted by atomic mass is 32.1. The summed E-state index contributed by atoms with van der Waals surface area (Å²) in [6, 6.07) is 7.37. The SMILES string of the molecule is COC(=O)c1ccsc1NC(=O)Nc1ccc(C(=O)OC(C)(C)C)cc1. The third kappa shape index (κ3) is 5.32. The van der Waals surface area contributed by atoms with Crippen molar-refractivity contribution in [3.05, 3.63) is 46.8 Å². The molecule has 2 aromatic rings. The smallest absolute Gasteiger partial charge is 0.340 e. The molecule has 0 saturated carbocycles. The third-order valence-electron chi connectivity index (χ3n) is 3.07. The number of esters is 2. The number of carbonyl (C=O) groups is 3. The maximum absolute atomic E-state index is 12.1. The van der Waals surface area contributed by atoms with E-state index in [1.165, 1.54) is 18.4 Å². The average molecular weight is 376 g/mol. The molecule has 2 N–H and O–H groups in total. The van der Waals surface area contributed by atoms with Crippen molar-refractivity contribution in [2.45, 2.75) is 26.4 Å². The molecule has 138 valence electrons. The Balaban J connectivity index is 1.99. The van der Waals surface area contributed by atoms with Gasteiger partial charge in [0.15, 0.2) is 0 Å². The van der Waals surface area contributed by atoms with Crippen molar-refractivity contribution in [3.63, 3.8) is 0 Å². The molecule has 0 atom stereocenters. The first-order chi connectivity index (χ1) is 12.2. The van der Waals surface area contributed by atoms with Gasteiger partial charge in [0.05, 0.1) is 18.2 Å². The minimum absolute atomic E-state index is 0.285. The molecule has 0 aliphatic rings. The van der Waals surface area contributed by atoms with Crippen LogP contribution in [-0.2, 0) is 9.47 Å². The number of thiophene rings is 1. The largest absolute Gasteiger partial charge is 0.465 e. The summed E-state index contributed by atoms with van der Waals surface area (Å²) in [4.78, 5) is 35.7. The fraction of sp³-hybridized carbons (Fsp3) is 0.278. The lowest BCUT2D eigenvalue weighted by Crippen LogP contribution is -2.24. The average Bonchev–Trinajstić information content (AvgIpc) is 3.01. The summed E-state index contributed by atoms with van der Waals surface area (Å²) < 4.78 is 9.94. The van der Waals surface area contributed by atoms with E-state index in [9.17, 15) is 14.4 Å². The van der Waals surface area contributed by atoms with Crippen LogP contribution in [0, 0.1) is 0 Å². The molecule has 0 radical (unpaired) electrons. The lowest BCUT2D eigenvalue weighted by molar-refractivity contribution is 0.00693. The molecule has 0 fully saturated rings. The molecule has 0 bridgehead atoms. The number of carbonyl (C=O) groups excluding carboxylic acids is 3. The summed E-state index contributed by atoms with van der Waals surface area (Å²) in [6.45, 7) is 5.37. The van der Waals surface area contributed by atoms with Gasteiger partial charge in [0, 0.05) is 5.69 Å². The monoisotopic (exact) mass is 376 g/mol. The molecule has 1 aromatic carbocycles. The molecule has 0 spiro atoms. The van der Waals surface area contributed by atoms with E-state index >= 15 is 0 Å². The van der Waals surface area contributed by atoms with Crippen LogP contribution in [0.4, 0.5) is 15.5 Å². The van der Waals surface area contributed by atoms with Crippen LogP contribution in [0.3, 0.4) is 0 Å². The minimum Gasteiger partial charge on any atom is -0.465 e. The number of hydrogen-bond acceptors (Lipinski definition) is 6. The van der Waals surface area contributed by atoms with Crippen molar-refractivity contribution >= 4 is 40.0 Å². The zero-order chi connectivity index (χ0) is 19.3. The Morgan fingerprint density at radius 2 is 1.62 bits per heavy atom. The number of hydrogen-bond donors (Lipinski definition) is 2. The summed E-state index contributed by atoms with van der Waals surface area (Å²) in [6.07, 6.45) is 0. The molecular weight excluding hydrogens is 356 g/mol. The van der Waals surface area contributed by atoms with Gasteiger partial charge in [-0.15, -0.1) is 11.3 Å². The Morgan fingerprint density at radius 1 is 0.962 bits per heavy atom. The zero-order valence-corrected chi connectivity index (χ0v) is 15.7. The molecule has 0 aliphatic carbocycles. The van der Waals surface area contributed by atoms with Gasteiger partial charge < -0.3 is 14.8 Å². The second kappa shape index (κ2) is 8.01. The van der Waals surface area contributed by atoms with E-state index in [1.807, 2.05) is 0 Å². The molecule has 0 aliphatic heterocycles. The van der Waals surface area contributed by atoms with E-state index in [1.54, 1.807) is 56.5 Å². The Kier molecular flexibility index (Phi) is 5.99. The van der Waals surface area contributed by atoms with E-state index in [0.717, 1.165) is 0 Å². The molecule has 2 amide bonds. The predicted octanol–water partition coefficient (Wildman–Crippen LogP) is 4.13. The summed E-state index contributed by atoms with van der Waals surface area (Å²) in [5.41, 5.74) is 0.586. The zero-order valence-electron chi connectivity index (χ0n) is 14.9. The number of urea groups is 1. The Morgan fingerprint density at radius 3 is 2.19 bits per heavy atom. The molecule has 1 aromatic heterocycles. The summed E-state index contributed by atoms with van der Waals surface area (Å²) in [5.74, 6) is -0.960. The summed E-state index contributed by atoms with van der Waals surface area (Å²) >= 11 is 1.21. The van der Waals surface area contributed by atoms with Crippen LogP contribution < -0.4 is 10.6 Å². The normalized spacial score (nSPS) is 10.8. The van der Waals surface area contributed by atoms with Gasteiger partial charge in [-0.25, -0.2) is 14.4 Å². The Labute approximate surface area is 155 Å². The first kappa shape index (κ1) is 19.5. The van der Waals surface area contributed by atoms with E-state index in [2.05, 4.69) is 15.4 Å². The highest BCUT2D eigenvalue weighted by Crippen LogP contribution is 2.24. The van der Waals surface area contributed by atoms with Gasteiger partial charge in [-0.1, -0.05) is 0 Å². The number of nitrogens with one attached hydrogen (secondary N) is 2. The minimum atomic E-state index is -0.577. The Hall–Kier alpha value is -2.87. The van der Waals surface area contributed by atoms with Gasteiger partial charge >= 0.3 is 18.0 Å². The maximum Gasteiger partial charge on any atom is 0.340 e. The van der Waals surface area contributed by atoms with Crippen LogP contribution in [-0.4, -0.2) is 30.7 Å². The van der Waals surface area contributed by atoms with E-state index in [-0.39, 0.29) is 5.56 Å².